The largest absolute Gasteiger partial charge is 0.389 e. The zero-order valence-electron chi connectivity index (χ0n) is 13.5. The number of rotatable bonds is 4. The molecule has 0 radical (unpaired) electrons. The van der Waals surface area contributed by atoms with Gasteiger partial charge < -0.3 is 5.11 Å². The summed E-state index contributed by atoms with van der Waals surface area (Å²) in [4.78, 5) is 2.13. The topological polar surface area (TPSA) is 64.1 Å². The Labute approximate surface area is 128 Å². The summed E-state index contributed by atoms with van der Waals surface area (Å²) in [5.74, 6) is 0.625. The van der Waals surface area contributed by atoms with Crippen molar-refractivity contribution in [1.29, 1.82) is 0 Å². The molecule has 124 valence electrons. The third-order valence-corrected chi connectivity index (χ3v) is 6.37. The van der Waals surface area contributed by atoms with Gasteiger partial charge in [-0.15, -0.1) is 0 Å². The van der Waals surface area contributed by atoms with Gasteiger partial charge in [0.15, 0.2) is 0 Å². The molecule has 0 saturated carbocycles. The van der Waals surface area contributed by atoms with E-state index in [9.17, 15) is 13.5 Å². The molecule has 7 heteroatoms. The van der Waals surface area contributed by atoms with Gasteiger partial charge in [-0.25, -0.2) is 0 Å². The van der Waals surface area contributed by atoms with E-state index in [1.807, 2.05) is 0 Å². The maximum absolute atomic E-state index is 12.6. The van der Waals surface area contributed by atoms with E-state index in [2.05, 4.69) is 11.8 Å². The minimum atomic E-state index is -3.30. The van der Waals surface area contributed by atoms with Crippen LogP contribution in [0.3, 0.4) is 0 Å². The molecular formula is C14H29N3O3S. The first-order valence-corrected chi connectivity index (χ1v) is 9.28. The third-order valence-electron chi connectivity index (χ3n) is 4.34. The van der Waals surface area contributed by atoms with Crippen LogP contribution in [0.5, 0.6) is 0 Å². The Bertz CT molecular complexity index is 431. The van der Waals surface area contributed by atoms with E-state index >= 15 is 0 Å². The third kappa shape index (κ3) is 4.63. The van der Waals surface area contributed by atoms with Gasteiger partial charge in [-0.3, -0.25) is 4.90 Å². The molecule has 0 amide bonds. The number of hydrogen-bond donors (Lipinski definition) is 1. The van der Waals surface area contributed by atoms with E-state index < -0.39 is 15.8 Å². The highest BCUT2D eigenvalue weighted by molar-refractivity contribution is 7.86. The van der Waals surface area contributed by atoms with Crippen LogP contribution < -0.4 is 0 Å². The lowest BCUT2D eigenvalue weighted by molar-refractivity contribution is 0.0257. The zero-order chi connectivity index (χ0) is 15.7. The predicted molar refractivity (Wildman–Crippen MR) is 83.2 cm³/mol. The lowest BCUT2D eigenvalue weighted by Gasteiger charge is -2.39. The molecule has 2 rings (SSSR count). The second kappa shape index (κ2) is 6.50. The van der Waals surface area contributed by atoms with Crippen LogP contribution in [0.4, 0.5) is 0 Å². The molecule has 21 heavy (non-hydrogen) atoms. The van der Waals surface area contributed by atoms with Crippen LogP contribution in [0.2, 0.25) is 0 Å². The summed E-state index contributed by atoms with van der Waals surface area (Å²) >= 11 is 0. The molecule has 0 unspecified atom stereocenters. The number of hydrogen-bond acceptors (Lipinski definition) is 4. The molecule has 1 N–H and O–H groups in total. The summed E-state index contributed by atoms with van der Waals surface area (Å²) in [5.41, 5.74) is -0.732. The van der Waals surface area contributed by atoms with E-state index in [1.165, 1.54) is 0 Å². The highest BCUT2D eigenvalue weighted by Gasteiger charge is 2.34. The normalized spacial score (nSPS) is 25.3. The molecule has 2 aliphatic heterocycles. The summed E-state index contributed by atoms with van der Waals surface area (Å²) in [6, 6.07) is 0. The Morgan fingerprint density at radius 2 is 1.48 bits per heavy atom. The molecule has 2 fully saturated rings. The minimum Gasteiger partial charge on any atom is -0.389 e. The number of aliphatic hydroxyl groups is 1. The molecular weight excluding hydrogens is 290 g/mol. The van der Waals surface area contributed by atoms with Crippen molar-refractivity contribution in [2.75, 3.05) is 45.8 Å². The van der Waals surface area contributed by atoms with Gasteiger partial charge in [0.25, 0.3) is 10.2 Å². The molecule has 2 heterocycles. The van der Waals surface area contributed by atoms with Crippen LogP contribution in [-0.4, -0.2) is 78.4 Å². The monoisotopic (exact) mass is 319 g/mol. The number of nitrogens with zero attached hydrogens (tertiary/aromatic N) is 3. The van der Waals surface area contributed by atoms with E-state index in [4.69, 9.17) is 0 Å². The Morgan fingerprint density at radius 1 is 1.00 bits per heavy atom. The molecule has 0 aliphatic carbocycles. The summed E-state index contributed by atoms with van der Waals surface area (Å²) in [6.07, 6.45) is 1.91. The minimum absolute atomic E-state index is 0.518. The molecule has 0 aromatic heterocycles. The van der Waals surface area contributed by atoms with E-state index in [0.717, 1.165) is 12.8 Å². The van der Waals surface area contributed by atoms with Gasteiger partial charge in [0.2, 0.25) is 0 Å². The van der Waals surface area contributed by atoms with Crippen LogP contribution >= 0.6 is 0 Å². The van der Waals surface area contributed by atoms with Crippen LogP contribution in [0.1, 0.15) is 33.6 Å². The molecule has 0 aromatic carbocycles. The Kier molecular flexibility index (Phi) is 5.31. The quantitative estimate of drug-likeness (QED) is 0.812. The van der Waals surface area contributed by atoms with Crippen LogP contribution in [0.25, 0.3) is 0 Å². The van der Waals surface area contributed by atoms with Gasteiger partial charge in [0, 0.05) is 45.8 Å². The second-order valence-electron chi connectivity index (χ2n) is 7.08. The first kappa shape index (κ1) is 17.1. The SMILES string of the molecule is CC1CCN(S(=O)(=O)N2CCN(CC(C)(C)O)CC2)CC1. The summed E-state index contributed by atoms with van der Waals surface area (Å²) in [7, 11) is -3.30. The molecule has 0 atom stereocenters. The average molecular weight is 319 g/mol. The number of piperidine rings is 1. The van der Waals surface area contributed by atoms with E-state index in [0.29, 0.717) is 51.7 Å². The lowest BCUT2D eigenvalue weighted by Crippen LogP contribution is -2.55. The van der Waals surface area contributed by atoms with Crippen molar-refractivity contribution in [3.63, 3.8) is 0 Å². The maximum Gasteiger partial charge on any atom is 0.282 e. The smallest absolute Gasteiger partial charge is 0.282 e. The van der Waals surface area contributed by atoms with Crippen molar-refractivity contribution in [1.82, 2.24) is 13.5 Å². The van der Waals surface area contributed by atoms with Crippen LogP contribution in [0, 0.1) is 5.92 Å². The Balaban J connectivity index is 1.89. The zero-order valence-corrected chi connectivity index (χ0v) is 14.3. The highest BCUT2D eigenvalue weighted by Crippen LogP contribution is 2.21. The lowest BCUT2D eigenvalue weighted by atomic mass is 10.0. The van der Waals surface area contributed by atoms with E-state index in [1.54, 1.807) is 22.5 Å². The summed E-state index contributed by atoms with van der Waals surface area (Å²) in [5, 5.41) is 9.84. The molecule has 2 saturated heterocycles. The Hall–Kier alpha value is -0.210. The van der Waals surface area contributed by atoms with Crippen LogP contribution in [-0.2, 0) is 10.2 Å². The van der Waals surface area contributed by atoms with Gasteiger partial charge in [-0.1, -0.05) is 6.92 Å². The van der Waals surface area contributed by atoms with Gasteiger partial charge in [-0.05, 0) is 32.6 Å². The molecule has 0 aromatic rings. The van der Waals surface area contributed by atoms with Crippen LogP contribution in [0.15, 0.2) is 0 Å². The van der Waals surface area contributed by atoms with Gasteiger partial charge in [0.1, 0.15) is 0 Å². The number of piperazine rings is 1. The molecule has 0 bridgehead atoms. The van der Waals surface area contributed by atoms with Crippen molar-refractivity contribution < 1.29 is 13.5 Å². The van der Waals surface area contributed by atoms with Gasteiger partial charge in [0.05, 0.1) is 5.60 Å². The van der Waals surface area contributed by atoms with Gasteiger partial charge in [-0.2, -0.15) is 17.0 Å². The highest BCUT2D eigenvalue weighted by atomic mass is 32.2. The number of β-amino-alcohol motifs (C(OH)–C–C–N with tert-alkyl or cyclic N) is 1. The van der Waals surface area contributed by atoms with Crippen molar-refractivity contribution in [2.45, 2.75) is 39.2 Å². The standard InChI is InChI=1S/C14H29N3O3S/c1-13-4-6-16(7-5-13)21(19,20)17-10-8-15(9-11-17)12-14(2,3)18/h13,18H,4-12H2,1-3H3. The molecule has 2 aliphatic rings. The molecule has 6 nitrogen and oxygen atoms in total. The fourth-order valence-electron chi connectivity index (χ4n) is 3.04. The first-order valence-electron chi connectivity index (χ1n) is 7.88. The summed E-state index contributed by atoms with van der Waals surface area (Å²) < 4.78 is 28.5. The summed E-state index contributed by atoms with van der Waals surface area (Å²) in [6.45, 7) is 10.0. The van der Waals surface area contributed by atoms with Gasteiger partial charge >= 0.3 is 0 Å². The fraction of sp³-hybridized carbons (Fsp3) is 1.00. The predicted octanol–water partition coefficient (Wildman–Crippen LogP) is 0.352. The van der Waals surface area contributed by atoms with Crippen molar-refractivity contribution in [3.8, 4) is 0 Å². The van der Waals surface area contributed by atoms with E-state index in [-0.39, 0.29) is 0 Å². The Morgan fingerprint density at radius 3 is 1.95 bits per heavy atom. The van der Waals surface area contributed by atoms with Crippen molar-refractivity contribution in [3.05, 3.63) is 0 Å². The van der Waals surface area contributed by atoms with Crippen molar-refractivity contribution >= 4 is 10.2 Å². The maximum atomic E-state index is 12.6. The average Bonchev–Trinajstić information content (AvgIpc) is 2.38. The fourth-order valence-corrected chi connectivity index (χ4v) is 4.67. The second-order valence-corrected chi connectivity index (χ2v) is 9.01. The molecule has 0 spiro atoms. The van der Waals surface area contributed by atoms with Crippen molar-refractivity contribution in [2.24, 2.45) is 5.92 Å². The first-order chi connectivity index (χ1) is 9.68.